The topological polar surface area (TPSA) is 87.3 Å². The van der Waals surface area contributed by atoms with Crippen LogP contribution in [0.25, 0.3) is 0 Å². The van der Waals surface area contributed by atoms with E-state index >= 15 is 0 Å². The fourth-order valence-electron chi connectivity index (χ4n) is 3.44. The second kappa shape index (κ2) is 5.46. The molecule has 7 heteroatoms. The van der Waals surface area contributed by atoms with Crippen molar-refractivity contribution in [3.05, 3.63) is 10.8 Å². The minimum atomic E-state index is -0.469. The zero-order valence-electron chi connectivity index (χ0n) is 11.3. The molecule has 2 unspecified atom stereocenters. The minimum absolute atomic E-state index is 0.334. The molecule has 1 saturated carbocycles. The molecule has 3 rings (SSSR count). The first-order valence-electron chi connectivity index (χ1n) is 7.08. The molecule has 6 nitrogen and oxygen atoms in total. The summed E-state index contributed by atoms with van der Waals surface area (Å²) in [6, 6.07) is 0. The van der Waals surface area contributed by atoms with E-state index < -0.39 is 5.60 Å². The standard InChI is InChI=1S/C13H20BrN5O/c14-10-11(18-15)16-8-17-12(10)19-6-5-13(20)4-2-1-3-9(13)7-19/h8-9,20H,1-7,15H2,(H,16,17,18). The summed E-state index contributed by atoms with van der Waals surface area (Å²) in [6.07, 6.45) is 6.70. The van der Waals surface area contributed by atoms with Crippen LogP contribution in [-0.4, -0.2) is 33.8 Å². The van der Waals surface area contributed by atoms with Gasteiger partial charge in [0.1, 0.15) is 16.6 Å². The quantitative estimate of drug-likeness (QED) is 0.560. The van der Waals surface area contributed by atoms with E-state index in [1.54, 1.807) is 0 Å². The molecule has 1 saturated heterocycles. The number of nitrogens with two attached hydrogens (primary N) is 1. The predicted octanol–water partition coefficient (Wildman–Crippen LogP) is 1.66. The number of rotatable bonds is 2. The van der Waals surface area contributed by atoms with Crippen molar-refractivity contribution in [3.63, 3.8) is 0 Å². The molecule has 2 atom stereocenters. The molecule has 1 aliphatic carbocycles. The molecule has 0 bridgehead atoms. The highest BCUT2D eigenvalue weighted by Gasteiger charge is 2.43. The Morgan fingerprint density at radius 1 is 1.40 bits per heavy atom. The van der Waals surface area contributed by atoms with Crippen molar-refractivity contribution in [2.45, 2.75) is 37.7 Å². The average Bonchev–Trinajstić information content (AvgIpc) is 2.47. The van der Waals surface area contributed by atoms with Gasteiger partial charge in [-0.15, -0.1) is 0 Å². The number of nitrogen functional groups attached to an aromatic ring is 1. The number of fused-ring (bicyclic) bond motifs is 1. The zero-order valence-corrected chi connectivity index (χ0v) is 12.9. The molecular weight excluding hydrogens is 322 g/mol. The summed E-state index contributed by atoms with van der Waals surface area (Å²) in [6.45, 7) is 1.66. The van der Waals surface area contributed by atoms with Crippen LogP contribution >= 0.6 is 15.9 Å². The number of anilines is 2. The van der Waals surface area contributed by atoms with Crippen molar-refractivity contribution < 1.29 is 5.11 Å². The van der Waals surface area contributed by atoms with Crippen molar-refractivity contribution in [2.24, 2.45) is 11.8 Å². The van der Waals surface area contributed by atoms with Crippen molar-refractivity contribution in [1.29, 1.82) is 0 Å². The third-order valence-electron chi connectivity index (χ3n) is 4.63. The normalized spacial score (nSPS) is 29.9. The van der Waals surface area contributed by atoms with E-state index in [1.807, 2.05) is 0 Å². The van der Waals surface area contributed by atoms with E-state index in [1.165, 1.54) is 12.7 Å². The summed E-state index contributed by atoms with van der Waals surface area (Å²) in [5.41, 5.74) is 2.10. The largest absolute Gasteiger partial charge is 0.389 e. The van der Waals surface area contributed by atoms with Crippen LogP contribution in [0, 0.1) is 5.92 Å². The Hall–Kier alpha value is -0.920. The molecule has 1 aliphatic heterocycles. The summed E-state index contributed by atoms with van der Waals surface area (Å²) in [5.74, 6) is 7.21. The monoisotopic (exact) mass is 341 g/mol. The number of nitrogens with zero attached hydrogens (tertiary/aromatic N) is 3. The third kappa shape index (κ3) is 2.38. The number of aromatic nitrogens is 2. The summed E-state index contributed by atoms with van der Waals surface area (Å²) < 4.78 is 0.781. The van der Waals surface area contributed by atoms with Gasteiger partial charge in [0.05, 0.1) is 5.60 Å². The van der Waals surface area contributed by atoms with E-state index in [2.05, 4.69) is 36.2 Å². The number of halogens is 1. The van der Waals surface area contributed by atoms with Crippen LogP contribution in [0.1, 0.15) is 32.1 Å². The first kappa shape index (κ1) is 14.0. The average molecular weight is 342 g/mol. The predicted molar refractivity (Wildman–Crippen MR) is 81.3 cm³/mol. The maximum atomic E-state index is 10.7. The Balaban J connectivity index is 1.83. The van der Waals surface area contributed by atoms with Gasteiger partial charge < -0.3 is 15.4 Å². The van der Waals surface area contributed by atoms with E-state index in [-0.39, 0.29) is 0 Å². The van der Waals surface area contributed by atoms with Crippen LogP contribution in [0.3, 0.4) is 0 Å². The molecule has 2 heterocycles. The Kier molecular flexibility index (Phi) is 3.83. The lowest BCUT2D eigenvalue weighted by Gasteiger charge is -2.47. The first-order valence-corrected chi connectivity index (χ1v) is 7.88. The first-order chi connectivity index (χ1) is 9.64. The number of aliphatic hydroxyl groups is 1. The molecule has 20 heavy (non-hydrogen) atoms. The van der Waals surface area contributed by atoms with Gasteiger partial charge in [0.25, 0.3) is 0 Å². The van der Waals surface area contributed by atoms with Gasteiger partial charge in [-0.2, -0.15) is 0 Å². The number of piperidine rings is 1. The molecule has 1 aromatic heterocycles. The van der Waals surface area contributed by atoms with E-state index in [0.29, 0.717) is 11.7 Å². The van der Waals surface area contributed by atoms with E-state index in [9.17, 15) is 5.11 Å². The number of nitrogens with one attached hydrogen (secondary N) is 1. The number of hydrogen-bond donors (Lipinski definition) is 3. The van der Waals surface area contributed by atoms with Crippen LogP contribution in [0.2, 0.25) is 0 Å². The van der Waals surface area contributed by atoms with Gasteiger partial charge in [0, 0.05) is 19.0 Å². The van der Waals surface area contributed by atoms with E-state index in [4.69, 9.17) is 5.84 Å². The molecule has 0 amide bonds. The number of hydrogen-bond acceptors (Lipinski definition) is 6. The highest BCUT2D eigenvalue weighted by molar-refractivity contribution is 9.10. The summed E-state index contributed by atoms with van der Waals surface area (Å²) >= 11 is 3.51. The highest BCUT2D eigenvalue weighted by atomic mass is 79.9. The van der Waals surface area contributed by atoms with E-state index in [0.717, 1.165) is 49.1 Å². The molecule has 4 N–H and O–H groups in total. The minimum Gasteiger partial charge on any atom is -0.389 e. The SMILES string of the molecule is NNc1ncnc(N2CCC3(O)CCCCC3C2)c1Br. The van der Waals surface area contributed by atoms with Crippen LogP contribution < -0.4 is 16.2 Å². The van der Waals surface area contributed by atoms with Crippen LogP contribution in [-0.2, 0) is 0 Å². The van der Waals surface area contributed by atoms with Crippen LogP contribution in [0.4, 0.5) is 11.6 Å². The molecule has 0 spiro atoms. The second-order valence-corrected chi connectivity index (χ2v) is 6.54. The molecule has 110 valence electrons. The highest BCUT2D eigenvalue weighted by Crippen LogP contribution is 2.42. The van der Waals surface area contributed by atoms with Gasteiger partial charge in [-0.05, 0) is 35.2 Å². The lowest BCUT2D eigenvalue weighted by Crippen LogP contribution is -2.53. The van der Waals surface area contributed by atoms with Gasteiger partial charge >= 0.3 is 0 Å². The van der Waals surface area contributed by atoms with Gasteiger partial charge in [-0.1, -0.05) is 12.8 Å². The van der Waals surface area contributed by atoms with Gasteiger partial charge in [-0.3, -0.25) is 0 Å². The summed E-state index contributed by atoms with van der Waals surface area (Å²) in [4.78, 5) is 10.7. The van der Waals surface area contributed by atoms with Gasteiger partial charge in [0.15, 0.2) is 5.82 Å². The lowest BCUT2D eigenvalue weighted by molar-refractivity contribution is -0.0613. The maximum absolute atomic E-state index is 10.7. The Labute approximate surface area is 126 Å². The van der Waals surface area contributed by atoms with Crippen LogP contribution in [0.15, 0.2) is 10.8 Å². The summed E-state index contributed by atoms with van der Waals surface area (Å²) in [7, 11) is 0. The van der Waals surface area contributed by atoms with Crippen molar-refractivity contribution in [3.8, 4) is 0 Å². The Morgan fingerprint density at radius 3 is 3.05 bits per heavy atom. The molecule has 0 aromatic carbocycles. The third-order valence-corrected chi connectivity index (χ3v) is 5.37. The molecule has 2 aliphatic rings. The van der Waals surface area contributed by atoms with Crippen LogP contribution in [0.5, 0.6) is 0 Å². The second-order valence-electron chi connectivity index (χ2n) is 5.75. The summed E-state index contributed by atoms with van der Waals surface area (Å²) in [5, 5.41) is 10.7. The van der Waals surface area contributed by atoms with Crippen molar-refractivity contribution in [1.82, 2.24) is 9.97 Å². The lowest BCUT2D eigenvalue weighted by atomic mass is 9.71. The molecule has 1 aromatic rings. The fraction of sp³-hybridized carbons (Fsp3) is 0.692. The van der Waals surface area contributed by atoms with Crippen molar-refractivity contribution >= 4 is 27.6 Å². The Morgan fingerprint density at radius 2 is 2.25 bits per heavy atom. The molecular formula is C13H20BrN5O. The smallest absolute Gasteiger partial charge is 0.159 e. The maximum Gasteiger partial charge on any atom is 0.159 e. The number of hydrazine groups is 1. The molecule has 2 fully saturated rings. The molecule has 0 radical (unpaired) electrons. The van der Waals surface area contributed by atoms with Gasteiger partial charge in [-0.25, -0.2) is 15.8 Å². The Bertz CT molecular complexity index is 500. The zero-order chi connectivity index (χ0) is 14.2. The van der Waals surface area contributed by atoms with Gasteiger partial charge in [0.2, 0.25) is 0 Å². The fourth-order valence-corrected chi connectivity index (χ4v) is 4.01. The van der Waals surface area contributed by atoms with Crippen molar-refractivity contribution in [2.75, 3.05) is 23.4 Å².